The molecular weight excluding hydrogens is 400 g/mol. The van der Waals surface area contributed by atoms with Gasteiger partial charge < -0.3 is 9.64 Å². The van der Waals surface area contributed by atoms with Crippen LogP contribution in [0.25, 0.3) is 33.7 Å². The van der Waals surface area contributed by atoms with Crippen LogP contribution in [0.5, 0.6) is 0 Å². The molecule has 0 amide bonds. The van der Waals surface area contributed by atoms with E-state index in [2.05, 4.69) is 67.0 Å². The summed E-state index contributed by atoms with van der Waals surface area (Å²) in [7, 11) is 0. The number of nitrogens with zero attached hydrogens (tertiary/aromatic N) is 6. The minimum Gasteiger partial charge on any atom is -0.378 e. The van der Waals surface area contributed by atoms with Gasteiger partial charge in [0.05, 0.1) is 30.8 Å². The van der Waals surface area contributed by atoms with E-state index in [4.69, 9.17) is 4.74 Å². The normalized spacial score (nSPS) is 14.2. The van der Waals surface area contributed by atoms with E-state index in [0.717, 1.165) is 65.8 Å². The van der Waals surface area contributed by atoms with Crippen molar-refractivity contribution in [3.63, 3.8) is 0 Å². The van der Waals surface area contributed by atoms with E-state index in [1.807, 2.05) is 41.5 Å². The van der Waals surface area contributed by atoms with Gasteiger partial charge in [0.1, 0.15) is 11.5 Å². The zero-order chi connectivity index (χ0) is 21.3. The number of morpholine rings is 1. The second kappa shape index (κ2) is 7.94. The topological polar surface area (TPSA) is 60.5 Å². The number of hydrogen-bond acceptors (Lipinski definition) is 5. The highest BCUT2D eigenvalue weighted by atomic mass is 16.5. The molecule has 0 unspecified atom stereocenters. The highest BCUT2D eigenvalue weighted by molar-refractivity contribution is 5.71. The number of aromatic nitrogens is 5. The molecule has 7 nitrogen and oxygen atoms in total. The van der Waals surface area contributed by atoms with E-state index in [-0.39, 0.29) is 0 Å². The number of hydrogen-bond donors (Lipinski definition) is 0. The van der Waals surface area contributed by atoms with Crippen molar-refractivity contribution in [3.8, 4) is 28.1 Å². The summed E-state index contributed by atoms with van der Waals surface area (Å²) in [6, 6.07) is 18.7. The molecule has 0 spiro atoms. The number of rotatable bonds is 4. The third-order valence-electron chi connectivity index (χ3n) is 5.84. The fourth-order valence-electron chi connectivity index (χ4n) is 4.14. The minimum atomic E-state index is 0.757. The number of benzene rings is 1. The van der Waals surface area contributed by atoms with Gasteiger partial charge in [-0.2, -0.15) is 5.10 Å². The largest absolute Gasteiger partial charge is 0.378 e. The average molecular weight is 422 g/mol. The van der Waals surface area contributed by atoms with Crippen LogP contribution >= 0.6 is 0 Å². The van der Waals surface area contributed by atoms with Crippen LogP contribution in [0.1, 0.15) is 0 Å². The quantitative estimate of drug-likeness (QED) is 0.437. The molecule has 0 atom stereocenters. The Morgan fingerprint density at radius 2 is 1.72 bits per heavy atom. The first-order valence-electron chi connectivity index (χ1n) is 10.7. The monoisotopic (exact) mass is 422 g/mol. The summed E-state index contributed by atoms with van der Waals surface area (Å²) < 4.78 is 9.40. The Bertz CT molecular complexity index is 1350. The van der Waals surface area contributed by atoms with Gasteiger partial charge in [-0.25, -0.2) is 14.6 Å². The molecule has 0 saturated carbocycles. The number of ether oxygens (including phenoxy) is 1. The summed E-state index contributed by atoms with van der Waals surface area (Å²) in [5, 5.41) is 4.33. The summed E-state index contributed by atoms with van der Waals surface area (Å²) in [5.74, 6) is 0.998. The van der Waals surface area contributed by atoms with Crippen molar-refractivity contribution in [1.82, 2.24) is 24.1 Å². The molecule has 1 fully saturated rings. The Labute approximate surface area is 185 Å². The Morgan fingerprint density at radius 1 is 0.781 bits per heavy atom. The summed E-state index contributed by atoms with van der Waals surface area (Å²) in [4.78, 5) is 11.6. The molecule has 6 rings (SSSR count). The number of fused-ring (bicyclic) bond motifs is 1. The van der Waals surface area contributed by atoms with Crippen molar-refractivity contribution in [2.45, 2.75) is 0 Å². The minimum absolute atomic E-state index is 0.757. The predicted octanol–water partition coefficient (Wildman–Crippen LogP) is 4.09. The van der Waals surface area contributed by atoms with Gasteiger partial charge in [-0.3, -0.25) is 4.40 Å². The maximum Gasteiger partial charge on any atom is 0.137 e. The van der Waals surface area contributed by atoms with Crippen LogP contribution in [0.2, 0.25) is 0 Å². The second-order valence-corrected chi connectivity index (χ2v) is 7.79. The van der Waals surface area contributed by atoms with Gasteiger partial charge in [0.25, 0.3) is 0 Å². The molecule has 0 radical (unpaired) electrons. The zero-order valence-electron chi connectivity index (χ0n) is 17.5. The fourth-order valence-corrected chi connectivity index (χ4v) is 4.14. The molecule has 0 aliphatic carbocycles. The lowest BCUT2D eigenvalue weighted by Crippen LogP contribution is -2.36. The molecule has 1 aliphatic rings. The van der Waals surface area contributed by atoms with E-state index in [1.165, 1.54) is 0 Å². The standard InChI is InChI=1S/C25H22N6O/c1-3-20(15-22(4-1)31-9-2-8-28-31)23-18-27-25-16-19(7-10-30(23)25)21-5-6-24(26-17-21)29-11-13-32-14-12-29/h1-10,15-18H,11-14H2. The number of pyridine rings is 2. The molecule has 1 aliphatic heterocycles. The molecule has 158 valence electrons. The van der Waals surface area contributed by atoms with Crippen LogP contribution in [0.4, 0.5) is 5.82 Å². The van der Waals surface area contributed by atoms with Crippen molar-refractivity contribution in [1.29, 1.82) is 0 Å². The Kier molecular flexibility index (Phi) is 4.66. The average Bonchev–Trinajstić information content (AvgIpc) is 3.55. The Balaban J connectivity index is 1.30. The summed E-state index contributed by atoms with van der Waals surface area (Å²) in [6.45, 7) is 3.29. The van der Waals surface area contributed by atoms with Crippen molar-refractivity contribution in [2.24, 2.45) is 0 Å². The lowest BCUT2D eigenvalue weighted by Gasteiger charge is -2.27. The van der Waals surface area contributed by atoms with E-state index in [1.54, 1.807) is 6.20 Å². The molecule has 0 bridgehead atoms. The van der Waals surface area contributed by atoms with E-state index in [0.29, 0.717) is 0 Å². The SMILES string of the molecule is c1cc(-c2cnc3cc(-c4ccc(N5CCOCC5)nc4)ccn23)cc(-n2cccn2)c1. The highest BCUT2D eigenvalue weighted by Gasteiger charge is 2.13. The molecule has 1 saturated heterocycles. The third-order valence-corrected chi connectivity index (χ3v) is 5.84. The Morgan fingerprint density at radius 3 is 2.53 bits per heavy atom. The summed E-state index contributed by atoms with van der Waals surface area (Å²) >= 11 is 0. The first-order chi connectivity index (χ1) is 15.8. The molecule has 7 heteroatoms. The van der Waals surface area contributed by atoms with Crippen LogP contribution in [0.15, 0.2) is 85.6 Å². The van der Waals surface area contributed by atoms with Crippen molar-refractivity contribution >= 4 is 11.5 Å². The summed E-state index contributed by atoms with van der Waals surface area (Å²) in [5.41, 5.74) is 6.23. The molecule has 32 heavy (non-hydrogen) atoms. The van der Waals surface area contributed by atoms with Crippen LogP contribution < -0.4 is 4.90 Å². The van der Waals surface area contributed by atoms with Crippen molar-refractivity contribution < 1.29 is 4.74 Å². The van der Waals surface area contributed by atoms with Crippen molar-refractivity contribution in [3.05, 3.63) is 85.6 Å². The number of anilines is 1. The lowest BCUT2D eigenvalue weighted by atomic mass is 10.1. The van der Waals surface area contributed by atoms with E-state index < -0.39 is 0 Å². The first-order valence-corrected chi connectivity index (χ1v) is 10.7. The maximum atomic E-state index is 5.43. The highest BCUT2D eigenvalue weighted by Crippen LogP contribution is 2.27. The van der Waals surface area contributed by atoms with Crippen LogP contribution in [-0.4, -0.2) is 50.5 Å². The van der Waals surface area contributed by atoms with Gasteiger partial charge in [-0.1, -0.05) is 12.1 Å². The molecular formula is C25H22N6O. The van der Waals surface area contributed by atoms with Gasteiger partial charge in [0.2, 0.25) is 0 Å². The van der Waals surface area contributed by atoms with E-state index >= 15 is 0 Å². The maximum absolute atomic E-state index is 5.43. The van der Waals surface area contributed by atoms with Crippen LogP contribution in [-0.2, 0) is 4.74 Å². The van der Waals surface area contributed by atoms with Gasteiger partial charge in [-0.05, 0) is 48.0 Å². The molecule has 4 aromatic heterocycles. The Hall–Kier alpha value is -3.97. The van der Waals surface area contributed by atoms with Crippen LogP contribution in [0, 0.1) is 0 Å². The summed E-state index contributed by atoms with van der Waals surface area (Å²) in [6.07, 6.45) is 9.65. The van der Waals surface area contributed by atoms with Gasteiger partial charge in [0, 0.05) is 49.0 Å². The van der Waals surface area contributed by atoms with Gasteiger partial charge >= 0.3 is 0 Å². The lowest BCUT2D eigenvalue weighted by molar-refractivity contribution is 0.122. The van der Waals surface area contributed by atoms with Gasteiger partial charge in [0.15, 0.2) is 0 Å². The fraction of sp³-hybridized carbons (Fsp3) is 0.160. The third kappa shape index (κ3) is 3.42. The van der Waals surface area contributed by atoms with Gasteiger partial charge in [-0.15, -0.1) is 0 Å². The predicted molar refractivity (Wildman–Crippen MR) is 124 cm³/mol. The van der Waals surface area contributed by atoms with Crippen LogP contribution in [0.3, 0.4) is 0 Å². The smallest absolute Gasteiger partial charge is 0.137 e. The second-order valence-electron chi connectivity index (χ2n) is 7.79. The molecule has 0 N–H and O–H groups in total. The molecule has 5 heterocycles. The first kappa shape index (κ1) is 18.8. The van der Waals surface area contributed by atoms with E-state index in [9.17, 15) is 0 Å². The van der Waals surface area contributed by atoms with Crippen molar-refractivity contribution in [2.75, 3.05) is 31.2 Å². The molecule has 5 aromatic rings. The number of imidazole rings is 1. The molecule has 1 aromatic carbocycles. The zero-order valence-corrected chi connectivity index (χ0v) is 17.5.